The monoisotopic (exact) mass is 450 g/mol. The first-order valence-electron chi connectivity index (χ1n) is 8.76. The van der Waals surface area contributed by atoms with E-state index in [2.05, 4.69) is 10.3 Å². The second-order valence-electron chi connectivity index (χ2n) is 6.24. The second kappa shape index (κ2) is 9.64. The van der Waals surface area contributed by atoms with Gasteiger partial charge in [0.1, 0.15) is 0 Å². The highest BCUT2D eigenvalue weighted by Crippen LogP contribution is 2.28. The molecule has 32 heavy (non-hydrogen) atoms. The molecule has 168 valence electrons. The van der Waals surface area contributed by atoms with Crippen molar-refractivity contribution in [3.8, 4) is 16.9 Å². The Morgan fingerprint density at radius 1 is 1.06 bits per heavy atom. The molecule has 0 unspecified atom stereocenters. The highest BCUT2D eigenvalue weighted by molar-refractivity contribution is 5.94. The molecular formula is C20H17F3N4O5. The molecule has 0 saturated carbocycles. The van der Waals surface area contributed by atoms with Crippen LogP contribution in [0.4, 0.5) is 24.8 Å². The third-order valence-corrected chi connectivity index (χ3v) is 3.86. The van der Waals surface area contributed by atoms with Gasteiger partial charge in [-0.25, -0.2) is 14.6 Å². The number of halogens is 3. The van der Waals surface area contributed by atoms with Crippen molar-refractivity contribution in [2.24, 2.45) is 0 Å². The van der Waals surface area contributed by atoms with Crippen molar-refractivity contribution in [3.63, 3.8) is 0 Å². The number of benzene rings is 2. The number of nitrogens with zero attached hydrogens (tertiary/aromatic N) is 2. The number of anilines is 2. The van der Waals surface area contributed by atoms with Crippen LogP contribution in [0.1, 0.15) is 17.3 Å². The molecule has 1 aromatic heterocycles. The average Bonchev–Trinajstić information content (AvgIpc) is 3.09. The first kappa shape index (κ1) is 23.9. The molecule has 0 fully saturated rings. The molecule has 0 aliphatic carbocycles. The summed E-state index contributed by atoms with van der Waals surface area (Å²) in [5.74, 6) is -3.91. The lowest BCUT2D eigenvalue weighted by Crippen LogP contribution is -2.21. The van der Waals surface area contributed by atoms with Crippen molar-refractivity contribution in [3.05, 3.63) is 60.3 Å². The zero-order valence-corrected chi connectivity index (χ0v) is 16.4. The third-order valence-electron chi connectivity index (χ3n) is 3.86. The molecule has 0 spiro atoms. The normalized spacial score (nSPS) is 10.6. The predicted molar refractivity (Wildman–Crippen MR) is 108 cm³/mol. The molecule has 12 heteroatoms. The van der Waals surface area contributed by atoms with Gasteiger partial charge in [0.2, 0.25) is 11.9 Å². The number of amides is 1. The summed E-state index contributed by atoms with van der Waals surface area (Å²) in [5, 5.41) is 19.0. The number of carbonyl (C=O) groups is 3. The van der Waals surface area contributed by atoms with E-state index in [9.17, 15) is 27.9 Å². The molecule has 3 aromatic rings. The fourth-order valence-electron chi connectivity index (χ4n) is 2.49. The summed E-state index contributed by atoms with van der Waals surface area (Å²) < 4.78 is 33.3. The Morgan fingerprint density at radius 2 is 1.66 bits per heavy atom. The molecule has 0 bridgehead atoms. The van der Waals surface area contributed by atoms with E-state index in [0.717, 1.165) is 5.56 Å². The van der Waals surface area contributed by atoms with Gasteiger partial charge < -0.3 is 21.3 Å². The lowest BCUT2D eigenvalue weighted by Gasteiger charge is -2.12. The number of carboxylic acid groups (broad SMARTS) is 2. The number of rotatable bonds is 4. The van der Waals surface area contributed by atoms with Crippen molar-refractivity contribution in [1.29, 1.82) is 0 Å². The molecule has 1 heterocycles. The van der Waals surface area contributed by atoms with E-state index in [1.807, 2.05) is 30.3 Å². The smallest absolute Gasteiger partial charge is 0.478 e. The van der Waals surface area contributed by atoms with E-state index < -0.39 is 18.1 Å². The summed E-state index contributed by atoms with van der Waals surface area (Å²) in [6, 6.07) is 13.9. The molecular weight excluding hydrogens is 433 g/mol. The Labute approximate surface area is 178 Å². The minimum atomic E-state index is -5.08. The number of alkyl halides is 3. The number of hydrogen-bond donors (Lipinski definition) is 4. The van der Waals surface area contributed by atoms with Gasteiger partial charge in [-0.1, -0.05) is 30.3 Å². The summed E-state index contributed by atoms with van der Waals surface area (Å²) in [4.78, 5) is 36.0. The number of nitrogens with one attached hydrogen (secondary N) is 1. The maximum absolute atomic E-state index is 11.4. The van der Waals surface area contributed by atoms with Crippen LogP contribution in [0.3, 0.4) is 0 Å². The van der Waals surface area contributed by atoms with Crippen LogP contribution in [-0.4, -0.2) is 43.8 Å². The first-order chi connectivity index (χ1) is 14.9. The number of carbonyl (C=O) groups excluding carboxylic acids is 1. The maximum Gasteiger partial charge on any atom is 0.490 e. The number of nitrogens with two attached hydrogens (primary N) is 1. The van der Waals surface area contributed by atoms with E-state index in [1.165, 1.54) is 25.1 Å². The number of aromatic nitrogens is 2. The summed E-state index contributed by atoms with van der Waals surface area (Å²) in [6.07, 6.45) is -3.38. The number of hydrogen-bond acceptors (Lipinski definition) is 5. The highest BCUT2D eigenvalue weighted by Gasteiger charge is 2.38. The lowest BCUT2D eigenvalue weighted by atomic mass is 10.1. The van der Waals surface area contributed by atoms with Gasteiger partial charge in [-0.3, -0.25) is 9.36 Å². The van der Waals surface area contributed by atoms with Gasteiger partial charge in [0.15, 0.2) is 0 Å². The van der Waals surface area contributed by atoms with Crippen LogP contribution < -0.4 is 11.1 Å². The SMILES string of the molecule is CC(=O)Nc1ccc(C(=O)O)cc1-n1cc(-c2ccccc2)nc1N.O=C(O)C(F)(F)F. The van der Waals surface area contributed by atoms with Crippen molar-refractivity contribution in [2.45, 2.75) is 13.1 Å². The lowest BCUT2D eigenvalue weighted by molar-refractivity contribution is -0.192. The quantitative estimate of drug-likeness (QED) is 0.476. The zero-order chi connectivity index (χ0) is 24.1. The zero-order valence-electron chi connectivity index (χ0n) is 16.4. The van der Waals surface area contributed by atoms with Crippen LogP contribution in [0.15, 0.2) is 54.7 Å². The minimum Gasteiger partial charge on any atom is -0.478 e. The molecule has 5 N–H and O–H groups in total. The number of aliphatic carboxylic acids is 1. The molecule has 9 nitrogen and oxygen atoms in total. The Kier molecular flexibility index (Phi) is 7.21. The van der Waals surface area contributed by atoms with Crippen LogP contribution in [0.5, 0.6) is 0 Å². The summed E-state index contributed by atoms with van der Waals surface area (Å²) in [5.41, 5.74) is 8.51. The van der Waals surface area contributed by atoms with Crippen molar-refractivity contribution >= 4 is 29.5 Å². The fraction of sp³-hybridized carbons (Fsp3) is 0.100. The number of imidazole rings is 1. The van der Waals surface area contributed by atoms with Gasteiger partial charge >= 0.3 is 18.1 Å². The van der Waals surface area contributed by atoms with Crippen LogP contribution in [0.25, 0.3) is 16.9 Å². The summed E-state index contributed by atoms with van der Waals surface area (Å²) >= 11 is 0. The standard InChI is InChI=1S/C18H16N4O3.C2HF3O2/c1-11(23)20-14-8-7-13(17(24)25)9-16(14)22-10-15(21-18(22)19)12-5-3-2-4-6-12;3-2(4,5)1(6)7/h2-10H,1H3,(H2,19,21)(H,20,23)(H,24,25);(H,6,7). The predicted octanol–water partition coefficient (Wildman–Crippen LogP) is 3.41. The van der Waals surface area contributed by atoms with E-state index in [4.69, 9.17) is 15.6 Å². The summed E-state index contributed by atoms with van der Waals surface area (Å²) in [6.45, 7) is 1.38. The van der Waals surface area contributed by atoms with E-state index in [1.54, 1.807) is 10.8 Å². The highest BCUT2D eigenvalue weighted by atomic mass is 19.4. The topological polar surface area (TPSA) is 148 Å². The third kappa shape index (κ3) is 6.08. The van der Waals surface area contributed by atoms with Crippen LogP contribution in [0, 0.1) is 0 Å². The van der Waals surface area contributed by atoms with Gasteiger partial charge in [-0.15, -0.1) is 0 Å². The Bertz CT molecular complexity index is 1140. The number of aromatic carboxylic acids is 1. The number of carboxylic acids is 2. The van der Waals surface area contributed by atoms with Crippen LogP contribution in [0.2, 0.25) is 0 Å². The molecule has 2 aromatic carbocycles. The summed E-state index contributed by atoms with van der Waals surface area (Å²) in [7, 11) is 0. The van der Waals surface area contributed by atoms with Crippen LogP contribution in [-0.2, 0) is 9.59 Å². The van der Waals surface area contributed by atoms with Gasteiger partial charge in [0.05, 0.1) is 22.6 Å². The van der Waals surface area contributed by atoms with Crippen molar-refractivity contribution in [2.75, 3.05) is 11.1 Å². The molecule has 0 atom stereocenters. The van der Waals surface area contributed by atoms with Crippen LogP contribution >= 0.6 is 0 Å². The van der Waals surface area contributed by atoms with Gasteiger partial charge in [-0.05, 0) is 18.2 Å². The Hall–Kier alpha value is -4.35. The minimum absolute atomic E-state index is 0.0819. The van der Waals surface area contributed by atoms with E-state index in [-0.39, 0.29) is 17.4 Å². The molecule has 0 saturated heterocycles. The van der Waals surface area contributed by atoms with Crippen molar-refractivity contribution < 1.29 is 37.8 Å². The molecule has 1 amide bonds. The fourth-order valence-corrected chi connectivity index (χ4v) is 2.49. The Morgan fingerprint density at radius 3 is 2.16 bits per heavy atom. The van der Waals surface area contributed by atoms with E-state index in [0.29, 0.717) is 17.1 Å². The van der Waals surface area contributed by atoms with Gasteiger partial charge in [-0.2, -0.15) is 13.2 Å². The molecule has 0 aliphatic heterocycles. The molecule has 3 rings (SSSR count). The first-order valence-corrected chi connectivity index (χ1v) is 8.76. The molecule has 0 aliphatic rings. The largest absolute Gasteiger partial charge is 0.490 e. The maximum atomic E-state index is 11.4. The average molecular weight is 450 g/mol. The van der Waals surface area contributed by atoms with Gasteiger partial charge in [0.25, 0.3) is 0 Å². The van der Waals surface area contributed by atoms with E-state index >= 15 is 0 Å². The second-order valence-corrected chi connectivity index (χ2v) is 6.24. The van der Waals surface area contributed by atoms with Crippen molar-refractivity contribution in [1.82, 2.24) is 9.55 Å². The Balaban J connectivity index is 0.000000451. The van der Waals surface area contributed by atoms with Gasteiger partial charge in [0, 0.05) is 18.7 Å². The number of nitrogen functional groups attached to an aromatic ring is 1. The molecule has 0 radical (unpaired) electrons.